The summed E-state index contributed by atoms with van der Waals surface area (Å²) in [6.07, 6.45) is 1.78. The molecule has 1 fully saturated rings. The van der Waals surface area contributed by atoms with Crippen LogP contribution in [0.2, 0.25) is 0 Å². The molecule has 1 aliphatic heterocycles. The monoisotopic (exact) mass is 457 g/mol. The summed E-state index contributed by atoms with van der Waals surface area (Å²) in [6, 6.07) is 25.1. The van der Waals surface area contributed by atoms with Crippen molar-refractivity contribution in [3.8, 4) is 22.8 Å². The number of hydrogen-bond donors (Lipinski definition) is 1. The third kappa shape index (κ3) is 3.91. The number of ether oxygens (including phenoxy) is 2. The largest absolute Gasteiger partial charge is 0.497 e. The predicted octanol–water partition coefficient (Wildman–Crippen LogP) is 5.54. The minimum absolute atomic E-state index is 0.208. The Balaban J connectivity index is 1.63. The van der Waals surface area contributed by atoms with E-state index < -0.39 is 0 Å². The molecule has 2 atom stereocenters. The number of benzene rings is 2. The van der Waals surface area contributed by atoms with Crippen LogP contribution in [0.1, 0.15) is 23.5 Å². The average Bonchev–Trinajstić information content (AvgIpc) is 3.49. The van der Waals surface area contributed by atoms with Crippen LogP contribution in [-0.2, 0) is 0 Å². The molecule has 6 nitrogen and oxygen atoms in total. The van der Waals surface area contributed by atoms with Crippen molar-refractivity contribution < 1.29 is 13.9 Å². The molecule has 1 aliphatic rings. The van der Waals surface area contributed by atoms with E-state index in [4.69, 9.17) is 26.1 Å². The highest BCUT2D eigenvalue weighted by Gasteiger charge is 2.43. The van der Waals surface area contributed by atoms with Gasteiger partial charge in [0, 0.05) is 17.8 Å². The van der Waals surface area contributed by atoms with Crippen molar-refractivity contribution in [3.63, 3.8) is 0 Å². The molecule has 1 N–H and O–H groups in total. The van der Waals surface area contributed by atoms with Gasteiger partial charge in [-0.1, -0.05) is 36.4 Å². The molecule has 7 heteroatoms. The third-order valence-corrected chi connectivity index (χ3v) is 6.04. The molecule has 4 aromatic rings. The number of methoxy groups -OCH3 is 2. The first-order chi connectivity index (χ1) is 16.2. The fourth-order valence-electron chi connectivity index (χ4n) is 4.16. The van der Waals surface area contributed by atoms with Crippen LogP contribution >= 0.6 is 12.2 Å². The zero-order valence-corrected chi connectivity index (χ0v) is 19.1. The lowest BCUT2D eigenvalue weighted by atomic mass is 10.0. The number of pyridine rings is 1. The van der Waals surface area contributed by atoms with Gasteiger partial charge in [0.15, 0.2) is 5.11 Å². The summed E-state index contributed by atoms with van der Waals surface area (Å²) in [5, 5.41) is 4.01. The molecule has 0 spiro atoms. The minimum atomic E-state index is -0.271. The normalized spacial score (nSPS) is 17.6. The van der Waals surface area contributed by atoms with Gasteiger partial charge in [0.1, 0.15) is 29.1 Å². The maximum absolute atomic E-state index is 6.39. The zero-order valence-electron chi connectivity index (χ0n) is 18.3. The van der Waals surface area contributed by atoms with Gasteiger partial charge in [-0.15, -0.1) is 0 Å². The van der Waals surface area contributed by atoms with Crippen LogP contribution < -0.4 is 19.7 Å². The molecule has 0 amide bonds. The van der Waals surface area contributed by atoms with E-state index in [1.807, 2.05) is 83.8 Å². The molecule has 0 aliphatic carbocycles. The maximum Gasteiger partial charge on any atom is 0.174 e. The molecule has 1 saturated heterocycles. The number of nitrogens with zero attached hydrogens (tertiary/aromatic N) is 2. The fourth-order valence-corrected chi connectivity index (χ4v) is 4.50. The fraction of sp³-hybridized carbons (Fsp3) is 0.154. The number of hydrogen-bond acceptors (Lipinski definition) is 5. The van der Waals surface area contributed by atoms with Crippen molar-refractivity contribution in [3.05, 3.63) is 96.5 Å². The molecular formula is C26H23N3O3S. The van der Waals surface area contributed by atoms with Gasteiger partial charge in [-0.25, -0.2) is 0 Å². The standard InChI is InChI=1S/C26H23N3O3S/c1-30-18-11-12-20(23(16-18)31-2)29-25(24(28-26(29)33)19-10-6-7-15-27-19)22-14-13-21(32-22)17-8-4-3-5-9-17/h3-16,24-25H,1-2H3,(H,28,33)/t24-,25-/m1/s1. The lowest BCUT2D eigenvalue weighted by Crippen LogP contribution is -2.29. The van der Waals surface area contributed by atoms with Crippen LogP contribution in [0.15, 0.2) is 89.5 Å². The number of nitrogens with one attached hydrogen (secondary N) is 1. The number of rotatable bonds is 6. The Morgan fingerprint density at radius 1 is 0.939 bits per heavy atom. The molecule has 5 rings (SSSR count). The van der Waals surface area contributed by atoms with Gasteiger partial charge in [-0.05, 0) is 48.6 Å². The van der Waals surface area contributed by atoms with Gasteiger partial charge in [0.25, 0.3) is 0 Å². The zero-order chi connectivity index (χ0) is 22.8. The molecule has 33 heavy (non-hydrogen) atoms. The Bertz CT molecular complexity index is 1260. The highest BCUT2D eigenvalue weighted by Crippen LogP contribution is 2.46. The van der Waals surface area contributed by atoms with Crippen LogP contribution in [0.3, 0.4) is 0 Å². The first-order valence-corrected chi connectivity index (χ1v) is 11.0. The highest BCUT2D eigenvalue weighted by molar-refractivity contribution is 7.80. The third-order valence-electron chi connectivity index (χ3n) is 5.72. The summed E-state index contributed by atoms with van der Waals surface area (Å²) >= 11 is 5.80. The molecule has 0 saturated carbocycles. The van der Waals surface area contributed by atoms with Gasteiger partial charge < -0.3 is 24.1 Å². The molecular weight excluding hydrogens is 434 g/mol. The Kier molecular flexibility index (Phi) is 5.71. The minimum Gasteiger partial charge on any atom is -0.497 e. The van der Waals surface area contributed by atoms with Crippen LogP contribution in [0.5, 0.6) is 11.5 Å². The van der Waals surface area contributed by atoms with E-state index in [9.17, 15) is 0 Å². The Morgan fingerprint density at radius 3 is 2.48 bits per heavy atom. The second-order valence-electron chi connectivity index (χ2n) is 7.60. The lowest BCUT2D eigenvalue weighted by molar-refractivity contribution is 0.392. The number of furan rings is 1. The highest BCUT2D eigenvalue weighted by atomic mass is 32.1. The second kappa shape index (κ2) is 8.96. The smallest absolute Gasteiger partial charge is 0.174 e. The Labute approximate surface area is 197 Å². The summed E-state index contributed by atoms with van der Waals surface area (Å²) in [7, 11) is 3.26. The van der Waals surface area contributed by atoms with Gasteiger partial charge in [-0.2, -0.15) is 0 Å². The van der Waals surface area contributed by atoms with Crippen molar-refractivity contribution in [1.82, 2.24) is 10.3 Å². The second-order valence-corrected chi connectivity index (χ2v) is 7.99. The van der Waals surface area contributed by atoms with E-state index in [1.165, 1.54) is 0 Å². The van der Waals surface area contributed by atoms with Gasteiger partial charge in [0.05, 0.1) is 31.6 Å². The SMILES string of the molecule is COc1ccc(N2C(=S)N[C@H](c3ccccn3)[C@H]2c2ccc(-c3ccccc3)o2)c(OC)c1. The molecule has 2 aromatic carbocycles. The molecule has 0 radical (unpaired) electrons. The summed E-state index contributed by atoms with van der Waals surface area (Å²) < 4.78 is 17.5. The topological polar surface area (TPSA) is 59.8 Å². The molecule has 2 aromatic heterocycles. The first-order valence-electron chi connectivity index (χ1n) is 10.6. The van der Waals surface area contributed by atoms with E-state index in [0.29, 0.717) is 16.6 Å². The molecule has 166 valence electrons. The maximum atomic E-state index is 6.39. The summed E-state index contributed by atoms with van der Waals surface area (Å²) in [5.74, 6) is 2.93. The summed E-state index contributed by atoms with van der Waals surface area (Å²) in [5.41, 5.74) is 2.70. The van der Waals surface area contributed by atoms with E-state index in [1.54, 1.807) is 20.4 Å². The lowest BCUT2D eigenvalue weighted by Gasteiger charge is -2.27. The van der Waals surface area contributed by atoms with Gasteiger partial charge in [-0.3, -0.25) is 4.98 Å². The first kappa shape index (κ1) is 21.0. The van der Waals surface area contributed by atoms with Crippen LogP contribution in [0, 0.1) is 0 Å². The van der Waals surface area contributed by atoms with Crippen LogP contribution in [0.4, 0.5) is 5.69 Å². The van der Waals surface area contributed by atoms with Crippen molar-refractivity contribution in [2.75, 3.05) is 19.1 Å². The van der Waals surface area contributed by atoms with Crippen molar-refractivity contribution >= 4 is 23.0 Å². The quantitative estimate of drug-likeness (QED) is 0.382. The number of aromatic nitrogens is 1. The van der Waals surface area contributed by atoms with E-state index in [0.717, 1.165) is 28.5 Å². The predicted molar refractivity (Wildman–Crippen MR) is 132 cm³/mol. The van der Waals surface area contributed by atoms with E-state index in [2.05, 4.69) is 10.3 Å². The molecule has 0 bridgehead atoms. The van der Waals surface area contributed by atoms with Gasteiger partial charge in [0.2, 0.25) is 0 Å². The molecule has 0 unspecified atom stereocenters. The van der Waals surface area contributed by atoms with Crippen LogP contribution in [0.25, 0.3) is 11.3 Å². The number of thiocarbonyl (C=S) groups is 1. The average molecular weight is 458 g/mol. The van der Waals surface area contributed by atoms with E-state index >= 15 is 0 Å². The summed E-state index contributed by atoms with van der Waals surface area (Å²) in [6.45, 7) is 0. The summed E-state index contributed by atoms with van der Waals surface area (Å²) in [4.78, 5) is 6.62. The van der Waals surface area contributed by atoms with Crippen molar-refractivity contribution in [2.24, 2.45) is 0 Å². The number of anilines is 1. The van der Waals surface area contributed by atoms with Crippen molar-refractivity contribution in [1.29, 1.82) is 0 Å². The van der Waals surface area contributed by atoms with E-state index in [-0.39, 0.29) is 12.1 Å². The van der Waals surface area contributed by atoms with Crippen molar-refractivity contribution in [2.45, 2.75) is 12.1 Å². The Morgan fingerprint density at radius 2 is 1.76 bits per heavy atom. The Hall–Kier alpha value is -3.84. The molecule has 3 heterocycles. The van der Waals surface area contributed by atoms with Gasteiger partial charge >= 0.3 is 0 Å². The van der Waals surface area contributed by atoms with Crippen LogP contribution in [-0.4, -0.2) is 24.3 Å².